The number of pyridine rings is 1. The van der Waals surface area contributed by atoms with Crippen LogP contribution in [-0.4, -0.2) is 38.8 Å². The minimum absolute atomic E-state index is 0.0837. The van der Waals surface area contributed by atoms with Gasteiger partial charge in [-0.1, -0.05) is 6.07 Å². The summed E-state index contributed by atoms with van der Waals surface area (Å²) in [6, 6.07) is 6.93. The van der Waals surface area contributed by atoms with Crippen molar-refractivity contribution in [2.75, 3.05) is 13.2 Å². The Morgan fingerprint density at radius 3 is 2.81 bits per heavy atom. The van der Waals surface area contributed by atoms with Crippen LogP contribution in [0.2, 0.25) is 0 Å². The van der Waals surface area contributed by atoms with Gasteiger partial charge in [0.25, 0.3) is 0 Å². The lowest BCUT2D eigenvalue weighted by Gasteiger charge is -2.22. The lowest BCUT2D eigenvalue weighted by Crippen LogP contribution is -2.27. The van der Waals surface area contributed by atoms with Crippen LogP contribution in [0.3, 0.4) is 0 Å². The monoisotopic (exact) mass is 353 g/mol. The summed E-state index contributed by atoms with van der Waals surface area (Å²) in [7, 11) is 0. The number of ether oxygens (including phenoxy) is 1. The summed E-state index contributed by atoms with van der Waals surface area (Å²) in [5, 5.41) is 9.23. The van der Waals surface area contributed by atoms with Gasteiger partial charge in [-0.15, -0.1) is 0 Å². The second kappa shape index (κ2) is 6.42. The van der Waals surface area contributed by atoms with E-state index in [0.717, 1.165) is 29.5 Å². The first kappa shape index (κ1) is 16.5. The van der Waals surface area contributed by atoms with Gasteiger partial charge in [0.2, 0.25) is 0 Å². The van der Waals surface area contributed by atoms with E-state index in [1.807, 2.05) is 13.0 Å². The summed E-state index contributed by atoms with van der Waals surface area (Å²) in [6.45, 7) is 3.20. The van der Waals surface area contributed by atoms with Gasteiger partial charge in [-0.3, -0.25) is 4.57 Å². The average Bonchev–Trinajstić information content (AvgIpc) is 2.97. The Morgan fingerprint density at radius 2 is 2.08 bits per heavy atom. The third-order valence-corrected chi connectivity index (χ3v) is 4.91. The maximum atomic E-state index is 12.4. The van der Waals surface area contributed by atoms with E-state index in [9.17, 15) is 14.7 Å². The largest absolute Gasteiger partial charge is 0.478 e. The fourth-order valence-corrected chi connectivity index (χ4v) is 3.51. The number of hydrogen-bond acceptors (Lipinski definition) is 4. The lowest BCUT2D eigenvalue weighted by molar-refractivity contribution is 0.0693. The number of imidazole rings is 1. The van der Waals surface area contributed by atoms with Gasteiger partial charge in [0, 0.05) is 31.0 Å². The highest BCUT2D eigenvalue weighted by Crippen LogP contribution is 2.28. The molecule has 0 radical (unpaired) electrons. The summed E-state index contributed by atoms with van der Waals surface area (Å²) >= 11 is 0. The summed E-state index contributed by atoms with van der Waals surface area (Å²) in [4.78, 5) is 31.1. The molecular formula is C19H19N3O4. The predicted molar refractivity (Wildman–Crippen MR) is 96.6 cm³/mol. The normalized spacial score (nSPS) is 15.4. The van der Waals surface area contributed by atoms with Gasteiger partial charge in [-0.05, 0) is 49.1 Å². The number of aromatic amines is 1. The van der Waals surface area contributed by atoms with Crippen molar-refractivity contribution in [1.82, 2.24) is 14.5 Å². The van der Waals surface area contributed by atoms with Crippen molar-refractivity contribution in [1.29, 1.82) is 0 Å². The van der Waals surface area contributed by atoms with Gasteiger partial charge in [0.1, 0.15) is 0 Å². The summed E-state index contributed by atoms with van der Waals surface area (Å²) in [5.41, 5.74) is 3.84. The van der Waals surface area contributed by atoms with Crippen molar-refractivity contribution < 1.29 is 14.6 Å². The number of nitrogens with one attached hydrogen (secondary N) is 1. The van der Waals surface area contributed by atoms with Gasteiger partial charge < -0.3 is 14.8 Å². The number of rotatable bonds is 3. The Bertz CT molecular complexity index is 1040. The van der Waals surface area contributed by atoms with E-state index in [0.29, 0.717) is 24.4 Å². The molecular weight excluding hydrogens is 334 g/mol. The topological polar surface area (TPSA) is 97.2 Å². The van der Waals surface area contributed by atoms with E-state index >= 15 is 0 Å². The van der Waals surface area contributed by atoms with Crippen molar-refractivity contribution in [2.24, 2.45) is 0 Å². The minimum Gasteiger partial charge on any atom is -0.478 e. The Labute approximate surface area is 149 Å². The first-order valence-corrected chi connectivity index (χ1v) is 8.57. The van der Waals surface area contributed by atoms with Crippen molar-refractivity contribution in [3.8, 4) is 11.1 Å². The van der Waals surface area contributed by atoms with Crippen LogP contribution in [0.4, 0.5) is 0 Å². The lowest BCUT2D eigenvalue weighted by atomic mass is 9.99. The third-order valence-electron chi connectivity index (χ3n) is 4.91. The molecule has 7 heteroatoms. The molecule has 0 unspecified atom stereocenters. The number of aromatic nitrogens is 3. The molecule has 2 aromatic heterocycles. The molecule has 7 nitrogen and oxygen atoms in total. The molecule has 0 aliphatic carbocycles. The summed E-state index contributed by atoms with van der Waals surface area (Å²) in [6.07, 6.45) is 3.27. The van der Waals surface area contributed by atoms with Crippen molar-refractivity contribution in [3.05, 3.63) is 52.1 Å². The van der Waals surface area contributed by atoms with Gasteiger partial charge in [0.15, 0.2) is 5.65 Å². The zero-order chi connectivity index (χ0) is 18.3. The molecule has 4 rings (SSSR count). The number of carboxylic acid groups (broad SMARTS) is 1. The van der Waals surface area contributed by atoms with E-state index in [1.165, 1.54) is 0 Å². The summed E-state index contributed by atoms with van der Waals surface area (Å²) < 4.78 is 7.09. The number of carboxylic acids is 1. The zero-order valence-electron chi connectivity index (χ0n) is 14.4. The van der Waals surface area contributed by atoms with Crippen LogP contribution in [0.1, 0.15) is 34.8 Å². The van der Waals surface area contributed by atoms with E-state index in [4.69, 9.17) is 4.74 Å². The SMILES string of the molecule is Cc1ccc(C(=O)O)cc1-c1cnc2c(c1)[nH]c(=O)n2C1CCOCC1. The molecule has 1 fully saturated rings. The fourth-order valence-electron chi connectivity index (χ4n) is 3.51. The Hall–Kier alpha value is -2.93. The van der Waals surface area contributed by atoms with E-state index < -0.39 is 5.97 Å². The Balaban J connectivity index is 1.81. The van der Waals surface area contributed by atoms with Gasteiger partial charge in [0.05, 0.1) is 11.1 Å². The summed E-state index contributed by atoms with van der Waals surface area (Å²) in [5.74, 6) is -0.973. The fraction of sp³-hybridized carbons (Fsp3) is 0.316. The molecule has 0 spiro atoms. The van der Waals surface area contributed by atoms with Crippen LogP contribution in [0.5, 0.6) is 0 Å². The van der Waals surface area contributed by atoms with Crippen molar-refractivity contribution in [2.45, 2.75) is 25.8 Å². The van der Waals surface area contributed by atoms with Crippen LogP contribution >= 0.6 is 0 Å². The van der Waals surface area contributed by atoms with Crippen LogP contribution in [0, 0.1) is 6.92 Å². The van der Waals surface area contributed by atoms with Crippen LogP contribution < -0.4 is 5.69 Å². The van der Waals surface area contributed by atoms with Crippen LogP contribution in [0.15, 0.2) is 35.3 Å². The molecule has 0 bridgehead atoms. The maximum Gasteiger partial charge on any atom is 0.335 e. The number of aryl methyl sites for hydroxylation is 1. The third kappa shape index (κ3) is 2.80. The number of nitrogens with zero attached hydrogens (tertiary/aromatic N) is 2. The van der Waals surface area contributed by atoms with E-state index in [2.05, 4.69) is 9.97 Å². The second-order valence-electron chi connectivity index (χ2n) is 6.57. The molecule has 134 valence electrons. The number of benzene rings is 1. The predicted octanol–water partition coefficient (Wildman–Crippen LogP) is 2.75. The molecule has 26 heavy (non-hydrogen) atoms. The maximum absolute atomic E-state index is 12.4. The first-order valence-electron chi connectivity index (χ1n) is 8.57. The van der Waals surface area contributed by atoms with Gasteiger partial charge >= 0.3 is 11.7 Å². The Kier molecular flexibility index (Phi) is 4.08. The highest BCUT2D eigenvalue weighted by molar-refractivity contribution is 5.90. The number of fused-ring (bicyclic) bond motifs is 1. The molecule has 0 saturated carbocycles. The molecule has 2 N–H and O–H groups in total. The molecule has 1 aliphatic heterocycles. The second-order valence-corrected chi connectivity index (χ2v) is 6.57. The van der Waals surface area contributed by atoms with Crippen LogP contribution in [0.25, 0.3) is 22.3 Å². The number of carbonyl (C=O) groups is 1. The van der Waals surface area contributed by atoms with Gasteiger partial charge in [-0.2, -0.15) is 0 Å². The zero-order valence-corrected chi connectivity index (χ0v) is 14.4. The van der Waals surface area contributed by atoms with E-state index in [1.54, 1.807) is 29.0 Å². The smallest absolute Gasteiger partial charge is 0.335 e. The first-order chi connectivity index (χ1) is 12.5. The number of hydrogen-bond donors (Lipinski definition) is 2. The molecule has 1 aromatic carbocycles. The molecule has 1 aliphatic rings. The highest BCUT2D eigenvalue weighted by atomic mass is 16.5. The molecule has 1 saturated heterocycles. The average molecular weight is 353 g/mol. The van der Waals surface area contributed by atoms with Crippen molar-refractivity contribution >= 4 is 17.1 Å². The molecule has 0 atom stereocenters. The molecule has 3 heterocycles. The minimum atomic E-state index is -0.973. The number of aromatic carboxylic acids is 1. The quantitative estimate of drug-likeness (QED) is 0.754. The highest BCUT2D eigenvalue weighted by Gasteiger charge is 2.21. The molecule has 0 amide bonds. The van der Waals surface area contributed by atoms with E-state index in [-0.39, 0.29) is 17.3 Å². The Morgan fingerprint density at radius 1 is 1.31 bits per heavy atom. The number of H-pyrrole nitrogens is 1. The molecule has 3 aromatic rings. The standard InChI is InChI=1S/C19H19N3O4/c1-11-2-3-12(18(23)24)8-15(11)13-9-16-17(20-10-13)22(19(25)21-16)14-4-6-26-7-5-14/h2-3,8-10,14H,4-7H2,1H3,(H,21,25)(H,23,24). The van der Waals surface area contributed by atoms with Crippen molar-refractivity contribution in [3.63, 3.8) is 0 Å². The van der Waals surface area contributed by atoms with Crippen LogP contribution in [-0.2, 0) is 4.74 Å². The van der Waals surface area contributed by atoms with Gasteiger partial charge in [-0.25, -0.2) is 14.6 Å².